The summed E-state index contributed by atoms with van der Waals surface area (Å²) in [6.07, 6.45) is 0.490. The molecule has 4 nitrogen and oxygen atoms in total. The van der Waals surface area contributed by atoms with Gasteiger partial charge in [0.2, 0.25) is 0 Å². The van der Waals surface area contributed by atoms with Crippen molar-refractivity contribution in [2.75, 3.05) is 21.2 Å². The average molecular weight is 221 g/mol. The molecule has 1 aromatic carbocycles. The van der Waals surface area contributed by atoms with E-state index in [0.29, 0.717) is 6.42 Å². The van der Waals surface area contributed by atoms with Crippen molar-refractivity contribution in [3.8, 4) is 5.75 Å². The fourth-order valence-electron chi connectivity index (χ4n) is 1.63. The van der Waals surface area contributed by atoms with Gasteiger partial charge in [0, 0.05) is 18.5 Å². The molecule has 0 saturated heterocycles. The van der Waals surface area contributed by atoms with Crippen LogP contribution in [0.2, 0.25) is 0 Å². The van der Waals surface area contributed by atoms with Crippen molar-refractivity contribution in [2.45, 2.75) is 13.0 Å². The van der Waals surface area contributed by atoms with Gasteiger partial charge in [0.05, 0.1) is 12.9 Å². The molecule has 0 bridgehead atoms. The van der Waals surface area contributed by atoms with E-state index in [0.717, 1.165) is 23.4 Å². The lowest BCUT2D eigenvalue weighted by Gasteiger charge is -2.14. The lowest BCUT2D eigenvalue weighted by atomic mass is 10.1. The lowest BCUT2D eigenvalue weighted by Crippen LogP contribution is -2.14. The highest BCUT2D eigenvalue weighted by Crippen LogP contribution is 2.21. The molecule has 0 aliphatic rings. The summed E-state index contributed by atoms with van der Waals surface area (Å²) in [5.41, 5.74) is 7.55. The zero-order chi connectivity index (χ0) is 12.1. The van der Waals surface area contributed by atoms with Crippen LogP contribution < -0.4 is 10.5 Å². The normalized spacial score (nSPS) is 10.5. The highest BCUT2D eigenvalue weighted by molar-refractivity contribution is 5.79. The summed E-state index contributed by atoms with van der Waals surface area (Å²) in [4.78, 5) is 2.08. The summed E-state index contributed by atoms with van der Waals surface area (Å²) >= 11 is 0. The van der Waals surface area contributed by atoms with Crippen molar-refractivity contribution >= 4 is 5.84 Å². The number of methoxy groups -OCH3 is 1. The van der Waals surface area contributed by atoms with Gasteiger partial charge in [0.1, 0.15) is 5.75 Å². The predicted molar refractivity (Wildman–Crippen MR) is 66.0 cm³/mol. The van der Waals surface area contributed by atoms with Gasteiger partial charge in [0.25, 0.3) is 0 Å². The number of amidine groups is 1. The Balaban J connectivity index is 2.96. The van der Waals surface area contributed by atoms with Crippen molar-refractivity contribution in [3.05, 3.63) is 29.3 Å². The standard InChI is InChI=1S/C12H19N3O/c1-15(2)8-10-6-9(7-12(13)14)4-5-11(10)16-3/h4-6H,7-8H2,1-3H3,(H3,13,14). The SMILES string of the molecule is COc1ccc(CC(=N)N)cc1CN(C)C. The van der Waals surface area contributed by atoms with Crippen molar-refractivity contribution < 1.29 is 4.74 Å². The third-order valence-corrected chi connectivity index (χ3v) is 2.23. The Kier molecular flexibility index (Phi) is 4.31. The van der Waals surface area contributed by atoms with Crippen LogP contribution in [0, 0.1) is 5.41 Å². The molecule has 3 N–H and O–H groups in total. The van der Waals surface area contributed by atoms with Crippen molar-refractivity contribution in [3.63, 3.8) is 0 Å². The average Bonchev–Trinajstić information content (AvgIpc) is 2.16. The Hall–Kier alpha value is -1.55. The third-order valence-electron chi connectivity index (χ3n) is 2.23. The molecule has 0 aromatic heterocycles. The van der Waals surface area contributed by atoms with E-state index in [2.05, 4.69) is 4.90 Å². The van der Waals surface area contributed by atoms with Crippen LogP contribution in [0.25, 0.3) is 0 Å². The summed E-state index contributed by atoms with van der Waals surface area (Å²) in [6, 6.07) is 5.91. The minimum atomic E-state index is 0.181. The van der Waals surface area contributed by atoms with Gasteiger partial charge in [-0.1, -0.05) is 12.1 Å². The number of hydrogen-bond donors (Lipinski definition) is 2. The number of nitrogens with one attached hydrogen (secondary N) is 1. The monoisotopic (exact) mass is 221 g/mol. The Morgan fingerprint density at radius 3 is 2.62 bits per heavy atom. The molecule has 0 fully saturated rings. The van der Waals surface area contributed by atoms with Gasteiger partial charge >= 0.3 is 0 Å². The van der Waals surface area contributed by atoms with Crippen LogP contribution in [0.5, 0.6) is 5.75 Å². The minimum absolute atomic E-state index is 0.181. The number of rotatable bonds is 5. The quantitative estimate of drug-likeness (QED) is 0.581. The molecule has 1 aromatic rings. The molecule has 0 saturated carbocycles. The van der Waals surface area contributed by atoms with Crippen molar-refractivity contribution in [1.29, 1.82) is 5.41 Å². The third kappa shape index (κ3) is 3.55. The zero-order valence-electron chi connectivity index (χ0n) is 10.1. The molecule has 0 heterocycles. The van der Waals surface area contributed by atoms with Gasteiger partial charge < -0.3 is 15.4 Å². The maximum Gasteiger partial charge on any atom is 0.123 e. The van der Waals surface area contributed by atoms with Crippen LogP contribution in [0.4, 0.5) is 0 Å². The largest absolute Gasteiger partial charge is 0.496 e. The molecule has 4 heteroatoms. The summed E-state index contributed by atoms with van der Waals surface area (Å²) < 4.78 is 5.29. The Morgan fingerprint density at radius 2 is 2.12 bits per heavy atom. The smallest absolute Gasteiger partial charge is 0.123 e. The fourth-order valence-corrected chi connectivity index (χ4v) is 1.63. The molecule has 0 aliphatic heterocycles. The van der Waals surface area contributed by atoms with Gasteiger partial charge in [-0.3, -0.25) is 5.41 Å². The van der Waals surface area contributed by atoms with Crippen LogP contribution in [0.1, 0.15) is 11.1 Å². The summed E-state index contributed by atoms with van der Waals surface area (Å²) in [7, 11) is 5.69. The van der Waals surface area contributed by atoms with Crippen LogP contribution >= 0.6 is 0 Å². The van der Waals surface area contributed by atoms with Gasteiger partial charge in [0.15, 0.2) is 0 Å². The van der Waals surface area contributed by atoms with E-state index in [4.69, 9.17) is 15.9 Å². The van der Waals surface area contributed by atoms with E-state index >= 15 is 0 Å². The Morgan fingerprint density at radius 1 is 1.44 bits per heavy atom. The molecule has 0 aliphatic carbocycles. The first-order chi connectivity index (χ1) is 7.52. The lowest BCUT2D eigenvalue weighted by molar-refractivity contribution is 0.371. The molecular formula is C12H19N3O. The first-order valence-corrected chi connectivity index (χ1v) is 5.16. The van der Waals surface area contributed by atoms with Crippen LogP contribution in [0.15, 0.2) is 18.2 Å². The Labute approximate surface area is 96.5 Å². The molecule has 0 amide bonds. The molecule has 0 spiro atoms. The summed E-state index contributed by atoms with van der Waals surface area (Å²) in [5.74, 6) is 1.06. The maximum absolute atomic E-state index is 7.28. The van der Waals surface area contributed by atoms with Gasteiger partial charge in [-0.05, 0) is 25.7 Å². The molecule has 1 rings (SSSR count). The van der Waals surface area contributed by atoms with E-state index in [1.807, 2.05) is 32.3 Å². The zero-order valence-corrected chi connectivity index (χ0v) is 10.1. The van der Waals surface area contributed by atoms with E-state index in [1.165, 1.54) is 0 Å². The molecule has 0 atom stereocenters. The number of benzene rings is 1. The van der Waals surface area contributed by atoms with Gasteiger partial charge in [-0.25, -0.2) is 0 Å². The van der Waals surface area contributed by atoms with Gasteiger partial charge in [-0.15, -0.1) is 0 Å². The topological polar surface area (TPSA) is 62.3 Å². The second kappa shape index (κ2) is 5.51. The summed E-state index contributed by atoms with van der Waals surface area (Å²) in [6.45, 7) is 0.814. The minimum Gasteiger partial charge on any atom is -0.496 e. The molecule has 88 valence electrons. The van der Waals surface area contributed by atoms with E-state index < -0.39 is 0 Å². The first-order valence-electron chi connectivity index (χ1n) is 5.16. The highest BCUT2D eigenvalue weighted by Gasteiger charge is 2.06. The predicted octanol–water partition coefficient (Wildman–Crippen LogP) is 1.24. The summed E-state index contributed by atoms with van der Waals surface area (Å²) in [5, 5.41) is 7.28. The van der Waals surface area contributed by atoms with Crippen molar-refractivity contribution in [1.82, 2.24) is 4.90 Å². The fraction of sp³-hybridized carbons (Fsp3) is 0.417. The Bertz CT molecular complexity index is 375. The van der Waals surface area contributed by atoms with Crippen LogP contribution in [0.3, 0.4) is 0 Å². The second-order valence-corrected chi connectivity index (χ2v) is 4.09. The van der Waals surface area contributed by atoms with E-state index in [-0.39, 0.29) is 5.84 Å². The molecule has 0 unspecified atom stereocenters. The van der Waals surface area contributed by atoms with Crippen molar-refractivity contribution in [2.24, 2.45) is 5.73 Å². The van der Waals surface area contributed by atoms with Crippen LogP contribution in [-0.2, 0) is 13.0 Å². The number of nitrogens with zero attached hydrogens (tertiary/aromatic N) is 1. The highest BCUT2D eigenvalue weighted by atomic mass is 16.5. The number of ether oxygens (including phenoxy) is 1. The number of hydrogen-bond acceptors (Lipinski definition) is 3. The van der Waals surface area contributed by atoms with E-state index in [1.54, 1.807) is 7.11 Å². The second-order valence-electron chi connectivity index (χ2n) is 4.09. The molecule has 16 heavy (non-hydrogen) atoms. The van der Waals surface area contributed by atoms with E-state index in [9.17, 15) is 0 Å². The number of nitrogens with two attached hydrogens (primary N) is 1. The molecular weight excluding hydrogens is 202 g/mol. The molecule has 0 radical (unpaired) electrons. The first kappa shape index (κ1) is 12.5. The van der Waals surface area contributed by atoms with Gasteiger partial charge in [-0.2, -0.15) is 0 Å². The van der Waals surface area contributed by atoms with Crippen LogP contribution in [-0.4, -0.2) is 31.9 Å². The maximum atomic E-state index is 7.28.